The van der Waals surface area contributed by atoms with E-state index < -0.39 is 5.97 Å². The minimum atomic E-state index is -0.802. The molecule has 0 aliphatic carbocycles. The van der Waals surface area contributed by atoms with Crippen LogP contribution in [0, 0.1) is 5.92 Å². The summed E-state index contributed by atoms with van der Waals surface area (Å²) in [5, 5.41) is 16.3. The van der Waals surface area contributed by atoms with Crippen molar-refractivity contribution in [3.8, 4) is 0 Å². The van der Waals surface area contributed by atoms with Gasteiger partial charge in [-0.2, -0.15) is 0 Å². The van der Waals surface area contributed by atoms with Crippen molar-refractivity contribution in [3.05, 3.63) is 22.4 Å². The molecule has 0 bridgehead atoms. The molecular formula is C15H24N2O3S. The standard InChI is InChI=1S/C15H24N2O3S/c1-11(6-7-13(18)19)9-16-14(20)17-10-15(2,3)12-5-4-8-21-12/h4-5,8,11H,6-7,9-10H2,1-3H3,(H,18,19)(H2,16,17,20). The Balaban J connectivity index is 2.26. The number of hydrogen-bond donors (Lipinski definition) is 3. The van der Waals surface area contributed by atoms with Gasteiger partial charge in [-0.25, -0.2) is 4.79 Å². The van der Waals surface area contributed by atoms with Gasteiger partial charge < -0.3 is 15.7 Å². The largest absolute Gasteiger partial charge is 0.481 e. The van der Waals surface area contributed by atoms with Crippen LogP contribution in [0.2, 0.25) is 0 Å². The fourth-order valence-electron chi connectivity index (χ4n) is 1.85. The number of amides is 2. The van der Waals surface area contributed by atoms with Crippen molar-refractivity contribution < 1.29 is 14.7 Å². The Kier molecular flexibility index (Phi) is 6.68. The number of carbonyl (C=O) groups is 2. The van der Waals surface area contributed by atoms with Crippen LogP contribution in [-0.2, 0) is 10.2 Å². The van der Waals surface area contributed by atoms with Crippen LogP contribution in [0.5, 0.6) is 0 Å². The van der Waals surface area contributed by atoms with Gasteiger partial charge in [-0.3, -0.25) is 4.79 Å². The second-order valence-corrected chi connectivity index (χ2v) is 6.91. The number of hydrogen-bond acceptors (Lipinski definition) is 3. The lowest BCUT2D eigenvalue weighted by atomic mass is 9.91. The molecule has 0 aromatic carbocycles. The van der Waals surface area contributed by atoms with E-state index in [1.165, 1.54) is 4.88 Å². The van der Waals surface area contributed by atoms with Crippen molar-refractivity contribution in [3.63, 3.8) is 0 Å². The number of thiophene rings is 1. The lowest BCUT2D eigenvalue weighted by Crippen LogP contribution is -2.43. The zero-order chi connectivity index (χ0) is 15.9. The Morgan fingerprint density at radius 3 is 2.67 bits per heavy atom. The fourth-order valence-corrected chi connectivity index (χ4v) is 2.71. The molecule has 1 rings (SSSR count). The predicted octanol–water partition coefficient (Wildman–Crippen LogP) is 2.83. The lowest BCUT2D eigenvalue weighted by Gasteiger charge is -2.24. The van der Waals surface area contributed by atoms with E-state index in [-0.39, 0.29) is 23.8 Å². The predicted molar refractivity (Wildman–Crippen MR) is 84.8 cm³/mol. The third kappa shape index (κ3) is 6.62. The maximum atomic E-state index is 11.8. The molecule has 6 heteroatoms. The lowest BCUT2D eigenvalue weighted by molar-refractivity contribution is -0.137. The molecule has 0 aliphatic heterocycles. The van der Waals surface area contributed by atoms with E-state index >= 15 is 0 Å². The van der Waals surface area contributed by atoms with Gasteiger partial charge in [0.1, 0.15) is 0 Å². The molecule has 1 unspecified atom stereocenters. The molecule has 118 valence electrons. The van der Waals surface area contributed by atoms with Crippen LogP contribution in [0.3, 0.4) is 0 Å². The minimum absolute atomic E-state index is 0.0968. The van der Waals surface area contributed by atoms with E-state index in [0.717, 1.165) is 0 Å². The van der Waals surface area contributed by atoms with Crippen LogP contribution in [0.4, 0.5) is 4.79 Å². The summed E-state index contributed by atoms with van der Waals surface area (Å²) in [5.41, 5.74) is -0.0968. The molecule has 0 aliphatic rings. The highest BCUT2D eigenvalue weighted by Gasteiger charge is 2.22. The Morgan fingerprint density at radius 1 is 1.38 bits per heavy atom. The fraction of sp³-hybridized carbons (Fsp3) is 0.600. The summed E-state index contributed by atoms with van der Waals surface area (Å²) in [6, 6.07) is 3.87. The van der Waals surface area contributed by atoms with Crippen molar-refractivity contribution in [1.82, 2.24) is 10.6 Å². The SMILES string of the molecule is CC(CCC(=O)O)CNC(=O)NCC(C)(C)c1cccs1. The average molecular weight is 312 g/mol. The van der Waals surface area contributed by atoms with Gasteiger partial charge >= 0.3 is 12.0 Å². The van der Waals surface area contributed by atoms with Crippen LogP contribution in [0.25, 0.3) is 0 Å². The van der Waals surface area contributed by atoms with E-state index in [4.69, 9.17) is 5.11 Å². The first-order valence-corrected chi connectivity index (χ1v) is 7.96. The zero-order valence-corrected chi connectivity index (χ0v) is 13.6. The number of carbonyl (C=O) groups excluding carboxylic acids is 1. The van der Waals surface area contributed by atoms with Crippen LogP contribution < -0.4 is 10.6 Å². The molecule has 0 spiro atoms. The number of rotatable bonds is 8. The molecule has 1 aromatic heterocycles. The van der Waals surface area contributed by atoms with Gasteiger partial charge in [0.2, 0.25) is 0 Å². The monoisotopic (exact) mass is 312 g/mol. The zero-order valence-electron chi connectivity index (χ0n) is 12.8. The molecule has 0 fully saturated rings. The third-order valence-corrected chi connectivity index (χ3v) is 4.58. The highest BCUT2D eigenvalue weighted by atomic mass is 32.1. The summed E-state index contributed by atoms with van der Waals surface area (Å²) < 4.78 is 0. The average Bonchev–Trinajstić information content (AvgIpc) is 2.95. The van der Waals surface area contributed by atoms with E-state index in [1.807, 2.05) is 18.4 Å². The maximum Gasteiger partial charge on any atom is 0.314 e. The molecule has 0 radical (unpaired) electrons. The Hall–Kier alpha value is -1.56. The van der Waals surface area contributed by atoms with Crippen LogP contribution >= 0.6 is 11.3 Å². The Bertz CT molecular complexity index is 457. The Morgan fingerprint density at radius 2 is 2.10 bits per heavy atom. The van der Waals surface area contributed by atoms with Gasteiger partial charge in [0.05, 0.1) is 0 Å². The summed E-state index contributed by atoms with van der Waals surface area (Å²) in [5.74, 6) is -0.652. The molecule has 3 N–H and O–H groups in total. The second kappa shape index (κ2) is 8.02. The Labute approximate surface area is 129 Å². The van der Waals surface area contributed by atoms with Crippen molar-refractivity contribution in [2.45, 2.75) is 39.0 Å². The molecule has 0 saturated heterocycles. The second-order valence-electron chi connectivity index (χ2n) is 5.96. The van der Waals surface area contributed by atoms with E-state index in [0.29, 0.717) is 19.5 Å². The van der Waals surface area contributed by atoms with Crippen molar-refractivity contribution in [1.29, 1.82) is 0 Å². The number of aliphatic carboxylic acids is 1. The van der Waals surface area contributed by atoms with Gasteiger partial charge in [-0.1, -0.05) is 26.8 Å². The van der Waals surface area contributed by atoms with E-state index in [2.05, 4.69) is 30.5 Å². The van der Waals surface area contributed by atoms with E-state index in [9.17, 15) is 9.59 Å². The summed E-state index contributed by atoms with van der Waals surface area (Å²) in [6.45, 7) is 7.16. The summed E-state index contributed by atoms with van der Waals surface area (Å²) >= 11 is 1.68. The molecule has 1 atom stereocenters. The highest BCUT2D eigenvalue weighted by Crippen LogP contribution is 2.26. The molecule has 1 aromatic rings. The van der Waals surface area contributed by atoms with Crippen molar-refractivity contribution in [2.24, 2.45) is 5.92 Å². The number of carboxylic acid groups (broad SMARTS) is 1. The van der Waals surface area contributed by atoms with Gasteiger partial charge in [0.25, 0.3) is 0 Å². The highest BCUT2D eigenvalue weighted by molar-refractivity contribution is 7.10. The maximum absolute atomic E-state index is 11.8. The molecular weight excluding hydrogens is 288 g/mol. The first kappa shape index (κ1) is 17.5. The van der Waals surface area contributed by atoms with Gasteiger partial charge in [0, 0.05) is 29.8 Å². The molecule has 2 amide bonds. The summed E-state index contributed by atoms with van der Waals surface area (Å²) in [6.07, 6.45) is 0.701. The first-order chi connectivity index (χ1) is 9.81. The number of nitrogens with one attached hydrogen (secondary N) is 2. The van der Waals surface area contributed by atoms with Crippen LogP contribution in [0.1, 0.15) is 38.5 Å². The minimum Gasteiger partial charge on any atom is -0.481 e. The molecule has 1 heterocycles. The van der Waals surface area contributed by atoms with Crippen LogP contribution in [-0.4, -0.2) is 30.2 Å². The first-order valence-electron chi connectivity index (χ1n) is 7.09. The summed E-state index contributed by atoms with van der Waals surface area (Å²) in [4.78, 5) is 23.5. The van der Waals surface area contributed by atoms with Gasteiger partial charge in [-0.15, -0.1) is 11.3 Å². The summed E-state index contributed by atoms with van der Waals surface area (Å²) in [7, 11) is 0. The van der Waals surface area contributed by atoms with Gasteiger partial charge in [0.15, 0.2) is 0 Å². The van der Waals surface area contributed by atoms with Crippen LogP contribution in [0.15, 0.2) is 17.5 Å². The molecule has 21 heavy (non-hydrogen) atoms. The molecule has 5 nitrogen and oxygen atoms in total. The quantitative estimate of drug-likeness (QED) is 0.690. The van der Waals surface area contributed by atoms with Gasteiger partial charge in [-0.05, 0) is 23.8 Å². The van der Waals surface area contributed by atoms with E-state index in [1.54, 1.807) is 11.3 Å². The smallest absolute Gasteiger partial charge is 0.314 e. The topological polar surface area (TPSA) is 78.4 Å². The molecule has 0 saturated carbocycles. The number of urea groups is 1. The van der Waals surface area contributed by atoms with Crippen molar-refractivity contribution in [2.75, 3.05) is 13.1 Å². The normalized spacial score (nSPS) is 12.7. The van der Waals surface area contributed by atoms with Crippen molar-refractivity contribution >= 4 is 23.3 Å². The number of carboxylic acids is 1. The third-order valence-electron chi connectivity index (χ3n) is 3.34.